The normalized spacial score (nSPS) is 18.6. The van der Waals surface area contributed by atoms with Crippen molar-refractivity contribution in [2.24, 2.45) is 0 Å². The summed E-state index contributed by atoms with van der Waals surface area (Å²) in [7, 11) is -5.45. The van der Waals surface area contributed by atoms with Gasteiger partial charge in [-0.15, -0.1) is 0 Å². The summed E-state index contributed by atoms with van der Waals surface area (Å²) in [5.41, 5.74) is 0.217. The van der Waals surface area contributed by atoms with Crippen molar-refractivity contribution in [1.29, 1.82) is 0 Å². The van der Waals surface area contributed by atoms with Crippen molar-refractivity contribution in [3.63, 3.8) is 0 Å². The molecule has 0 radical (unpaired) electrons. The van der Waals surface area contributed by atoms with E-state index in [0.717, 1.165) is 6.26 Å². The Morgan fingerprint density at radius 3 is 2.54 bits per heavy atom. The molecule has 5 N–H and O–H groups in total. The first-order chi connectivity index (χ1) is 17.3. The number of nitrogens with zero attached hydrogens (tertiary/aromatic N) is 2. The minimum absolute atomic E-state index is 0.0322. The van der Waals surface area contributed by atoms with Crippen LogP contribution in [-0.4, -0.2) is 110 Å². The molecule has 0 spiro atoms. The summed E-state index contributed by atoms with van der Waals surface area (Å²) in [5.74, 6) is -5.32. The number of carboxylic acid groups (broad SMARTS) is 1. The molecule has 2 atom stereocenters. The first-order valence-electron chi connectivity index (χ1n) is 11.2. The van der Waals surface area contributed by atoms with Gasteiger partial charge in [0, 0.05) is 26.2 Å². The lowest BCUT2D eigenvalue weighted by Gasteiger charge is -2.33. The molecule has 2 heterocycles. The monoisotopic (exact) mass is 539 g/mol. The molecule has 0 bridgehead atoms. The second-order valence-corrected chi connectivity index (χ2v) is 10.2. The minimum Gasteiger partial charge on any atom is -0.534 e. The van der Waals surface area contributed by atoms with Crippen molar-refractivity contribution in [3.8, 4) is 5.75 Å². The number of benzene rings is 1. The van der Waals surface area contributed by atoms with E-state index in [9.17, 15) is 42.5 Å². The smallest absolute Gasteiger partial charge is 0.534 e. The summed E-state index contributed by atoms with van der Waals surface area (Å²) in [6, 6.07) is 1.68. The molecular formula is C20H26BN5O10S. The number of carboxylic acids is 1. The van der Waals surface area contributed by atoms with E-state index < -0.39 is 65.4 Å². The van der Waals surface area contributed by atoms with E-state index in [1.54, 1.807) is 13.0 Å². The molecule has 5 amide bonds. The predicted molar refractivity (Wildman–Crippen MR) is 127 cm³/mol. The Balaban J connectivity index is 1.75. The minimum atomic E-state index is -3.79. The van der Waals surface area contributed by atoms with Gasteiger partial charge in [-0.2, -0.15) is 0 Å². The molecule has 3 rings (SSSR count). The maximum atomic E-state index is 13.0. The molecule has 17 heteroatoms. The third-order valence-corrected chi connectivity index (χ3v) is 6.47. The van der Waals surface area contributed by atoms with Gasteiger partial charge in [-0.3, -0.25) is 19.3 Å². The molecule has 37 heavy (non-hydrogen) atoms. The number of rotatable bonds is 8. The number of para-hydroxylation sites is 1. The Labute approximate surface area is 212 Å². The van der Waals surface area contributed by atoms with Gasteiger partial charge in [0.15, 0.2) is 0 Å². The predicted octanol–water partition coefficient (Wildman–Crippen LogP) is -2.86. The third-order valence-electron chi connectivity index (χ3n) is 5.78. The zero-order chi connectivity index (χ0) is 27.5. The first kappa shape index (κ1) is 27.9. The topological polar surface area (TPSA) is 212 Å². The molecule has 1 saturated heterocycles. The quantitative estimate of drug-likeness (QED) is 0.168. The number of aromatic carboxylic acids is 1. The van der Waals surface area contributed by atoms with Gasteiger partial charge < -0.3 is 30.3 Å². The Kier molecular flexibility index (Phi) is 8.40. The molecule has 200 valence electrons. The van der Waals surface area contributed by atoms with Crippen LogP contribution in [0.3, 0.4) is 0 Å². The fraction of sp³-hybridized carbons (Fsp3) is 0.450. The van der Waals surface area contributed by atoms with Crippen LogP contribution in [0, 0.1) is 0 Å². The highest BCUT2D eigenvalue weighted by molar-refractivity contribution is 7.88. The fourth-order valence-corrected chi connectivity index (χ4v) is 4.31. The average Bonchev–Trinajstić information content (AvgIpc) is 2.82. The number of hydrogen-bond donors (Lipinski definition) is 5. The van der Waals surface area contributed by atoms with Crippen LogP contribution in [0.1, 0.15) is 22.8 Å². The van der Waals surface area contributed by atoms with E-state index in [2.05, 4.69) is 15.4 Å². The van der Waals surface area contributed by atoms with E-state index in [-0.39, 0.29) is 37.4 Å². The van der Waals surface area contributed by atoms with E-state index in [0.29, 0.717) is 10.5 Å². The van der Waals surface area contributed by atoms with Gasteiger partial charge in [-0.1, -0.05) is 12.1 Å². The van der Waals surface area contributed by atoms with Crippen molar-refractivity contribution in [2.75, 3.05) is 32.4 Å². The van der Waals surface area contributed by atoms with Crippen LogP contribution >= 0.6 is 0 Å². The van der Waals surface area contributed by atoms with Gasteiger partial charge in [0.2, 0.25) is 15.9 Å². The van der Waals surface area contributed by atoms with E-state index in [1.165, 1.54) is 17.0 Å². The summed E-state index contributed by atoms with van der Waals surface area (Å²) >= 11 is 0. The number of likely N-dealkylation sites (N-methyl/N-ethyl adjacent to an activating group) is 1. The number of piperazine rings is 1. The summed E-state index contributed by atoms with van der Waals surface area (Å²) < 4.78 is 30.6. The molecule has 0 aromatic heterocycles. The van der Waals surface area contributed by atoms with Crippen LogP contribution in [0.4, 0.5) is 4.79 Å². The summed E-state index contributed by atoms with van der Waals surface area (Å²) in [4.78, 5) is 63.5. The summed E-state index contributed by atoms with van der Waals surface area (Å²) in [6.07, 6.45) is 0.807. The maximum absolute atomic E-state index is 13.0. The van der Waals surface area contributed by atoms with Gasteiger partial charge in [-0.25, -0.2) is 22.7 Å². The number of fused-ring (bicyclic) bond motifs is 1. The van der Waals surface area contributed by atoms with Gasteiger partial charge in [0.05, 0.1) is 17.8 Å². The van der Waals surface area contributed by atoms with Crippen LogP contribution in [-0.2, 0) is 30.8 Å². The zero-order valence-corrected chi connectivity index (χ0v) is 20.8. The molecule has 0 saturated carbocycles. The van der Waals surface area contributed by atoms with Crippen molar-refractivity contribution in [2.45, 2.75) is 25.3 Å². The summed E-state index contributed by atoms with van der Waals surface area (Å²) in [6.45, 7) is 1.30. The Bertz CT molecular complexity index is 1230. The van der Waals surface area contributed by atoms with Gasteiger partial charge >= 0.3 is 30.9 Å². The standard InChI is InChI=1S/C20H26BN5O10S/c1-3-25-7-8-26(18(29)17(25)28)20(32)23-13(10-22-37(2,34)35)16(27)24-14-9-11-5-4-6-12(19(30)31)15(11)36-21(14)33/h4-6,13-14,22,33H,3,7-10H2,1-2H3,(H,23,32)(H,24,27)(H,30,31)/t13?,14-/m0/s1. The van der Waals surface area contributed by atoms with Crippen LogP contribution in [0.2, 0.25) is 0 Å². The highest BCUT2D eigenvalue weighted by atomic mass is 32.2. The number of imide groups is 1. The Hall–Kier alpha value is -3.70. The van der Waals surface area contributed by atoms with Crippen molar-refractivity contribution in [1.82, 2.24) is 25.2 Å². The third kappa shape index (κ3) is 6.55. The number of carbonyl (C=O) groups excluding carboxylic acids is 4. The van der Waals surface area contributed by atoms with Gasteiger partial charge in [0.25, 0.3) is 0 Å². The second kappa shape index (κ2) is 11.1. The molecule has 15 nitrogen and oxygen atoms in total. The first-order valence-corrected chi connectivity index (χ1v) is 13.1. The molecule has 2 aliphatic rings. The second-order valence-electron chi connectivity index (χ2n) is 8.39. The Morgan fingerprint density at radius 2 is 1.92 bits per heavy atom. The maximum Gasteiger partial charge on any atom is 0.547 e. The van der Waals surface area contributed by atoms with Crippen LogP contribution < -0.4 is 20.0 Å². The number of hydrogen-bond acceptors (Lipinski definition) is 9. The highest BCUT2D eigenvalue weighted by Gasteiger charge is 2.40. The lowest BCUT2D eigenvalue weighted by molar-refractivity contribution is -0.153. The Morgan fingerprint density at radius 1 is 1.22 bits per heavy atom. The molecule has 2 aliphatic heterocycles. The molecule has 0 aliphatic carbocycles. The SMILES string of the molecule is CCN1CCN(C(=O)NC(CNS(C)(=O)=O)C(=O)N[C@H]2Cc3cccc(C(=O)O)c3OB2O)C(=O)C1=O. The molecular weight excluding hydrogens is 513 g/mol. The van der Waals surface area contributed by atoms with Crippen molar-refractivity contribution >= 4 is 46.9 Å². The van der Waals surface area contributed by atoms with Gasteiger partial charge in [0.1, 0.15) is 11.8 Å². The average molecular weight is 539 g/mol. The molecule has 1 aromatic rings. The number of nitrogens with one attached hydrogen (secondary N) is 3. The lowest BCUT2D eigenvalue weighted by Crippen LogP contribution is -2.63. The van der Waals surface area contributed by atoms with Crippen molar-refractivity contribution < 1.29 is 47.2 Å². The van der Waals surface area contributed by atoms with E-state index in [1.807, 2.05) is 0 Å². The number of amides is 5. The number of urea groups is 1. The molecule has 1 unspecified atom stereocenters. The highest BCUT2D eigenvalue weighted by Crippen LogP contribution is 2.30. The fourth-order valence-electron chi connectivity index (χ4n) is 3.84. The lowest BCUT2D eigenvalue weighted by atomic mass is 9.72. The number of carbonyl (C=O) groups is 5. The van der Waals surface area contributed by atoms with Crippen LogP contribution in [0.15, 0.2) is 18.2 Å². The molecule has 1 aromatic carbocycles. The largest absolute Gasteiger partial charge is 0.547 e. The van der Waals surface area contributed by atoms with E-state index >= 15 is 0 Å². The van der Waals surface area contributed by atoms with E-state index in [4.69, 9.17) is 4.65 Å². The number of sulfonamides is 1. The zero-order valence-electron chi connectivity index (χ0n) is 20.0. The van der Waals surface area contributed by atoms with Crippen LogP contribution in [0.5, 0.6) is 5.75 Å². The molecule has 1 fully saturated rings. The van der Waals surface area contributed by atoms with Crippen LogP contribution in [0.25, 0.3) is 0 Å². The summed E-state index contributed by atoms with van der Waals surface area (Å²) in [5, 5.41) is 24.4. The van der Waals surface area contributed by atoms with Crippen molar-refractivity contribution in [3.05, 3.63) is 29.3 Å². The van der Waals surface area contributed by atoms with Gasteiger partial charge in [-0.05, 0) is 25.0 Å².